The van der Waals surface area contributed by atoms with E-state index >= 15 is 8.78 Å². The van der Waals surface area contributed by atoms with E-state index in [1.807, 2.05) is 4.98 Å². The molecule has 0 bridgehead atoms. The summed E-state index contributed by atoms with van der Waals surface area (Å²) in [5.41, 5.74) is -9.86. The van der Waals surface area contributed by atoms with E-state index in [0.717, 1.165) is 57.2 Å². The van der Waals surface area contributed by atoms with E-state index < -0.39 is 120 Å². The second-order valence-corrected chi connectivity index (χ2v) is 18.6. The molecule has 4 aromatic carbocycles. The molecule has 28 heteroatoms. The second kappa shape index (κ2) is 18.2. The van der Waals surface area contributed by atoms with Crippen LogP contribution in [0.25, 0.3) is 21.8 Å². The fraction of sp³-hybridized carbons (Fsp3) is 0.261. The topological polar surface area (TPSA) is 166 Å². The number of alkyl halides is 10. The van der Waals surface area contributed by atoms with Gasteiger partial charge in [0, 0.05) is 30.6 Å². The van der Waals surface area contributed by atoms with Crippen molar-refractivity contribution in [2.75, 3.05) is 19.6 Å². The zero-order chi connectivity index (χ0) is 55.3. The van der Waals surface area contributed by atoms with E-state index in [1.54, 1.807) is 0 Å². The van der Waals surface area contributed by atoms with Crippen molar-refractivity contribution in [3.05, 3.63) is 122 Å². The lowest BCUT2D eigenvalue weighted by Crippen LogP contribution is -2.44. The molecule has 0 atom stereocenters. The van der Waals surface area contributed by atoms with Gasteiger partial charge in [0.2, 0.25) is 5.82 Å². The third kappa shape index (κ3) is 9.38. The summed E-state index contributed by atoms with van der Waals surface area (Å²) in [5, 5.41) is 16.4. The van der Waals surface area contributed by atoms with E-state index in [2.05, 4.69) is 15.0 Å². The number of aromatic amines is 1. The summed E-state index contributed by atoms with van der Waals surface area (Å²) < 4.78 is 166. The smallest absolute Gasteiger partial charge is 0.305 e. The lowest BCUT2D eigenvalue weighted by atomic mass is 10.0. The second-order valence-electron chi connectivity index (χ2n) is 17.5. The van der Waals surface area contributed by atoms with Crippen LogP contribution >= 0.6 is 36.0 Å². The molecule has 0 spiro atoms. The highest BCUT2D eigenvalue weighted by Gasteiger charge is 2.53. The number of carbonyl (C=O) groups excluding carboxylic acids is 2. The highest BCUT2D eigenvalue weighted by Crippen LogP contribution is 2.43. The van der Waals surface area contributed by atoms with Crippen LogP contribution < -0.4 is 25.2 Å². The van der Waals surface area contributed by atoms with Crippen molar-refractivity contribution in [1.82, 2.24) is 19.9 Å². The van der Waals surface area contributed by atoms with Crippen molar-refractivity contribution < 1.29 is 62.3 Å². The van der Waals surface area contributed by atoms with Crippen molar-refractivity contribution in [1.29, 1.82) is 10.5 Å². The Hall–Kier alpha value is -7.49. The molecular formula is C46H29ClF12N10O3S2. The minimum absolute atomic E-state index is 0.0398. The number of halogens is 13. The molecule has 2 aromatic heterocycles. The Morgan fingerprint density at radius 2 is 1.00 bits per heavy atom. The standard InChI is InChI=1S/C23H14ClF6N5OS.C23H15F6N5O2S/c1-21(2)19(36)34(11-5-4-10(9-31)14(7-11)23(28,29)30)20(37)35(21)12-6-13-16(15(25)8-12)32-18(22(3,26)27)33-17(13)24;1-21(2)19(36)33(11-5-4-10(9-30)14(7-11)23(27,28)29)20(37)34(21)12-6-13-16(15(24)8-12)31-18(22(3,25)26)32-17(13)35/h4-8H,1-3H3;4-8H,1-3H3,(H,31,32,35). The molecule has 4 heterocycles. The number of aromatic nitrogens is 4. The SMILES string of the molecule is CC(F)(F)c1nc(Cl)c2cc(N3C(=S)N(c4ccc(C#N)c(C(F)(F)F)c4)C(=O)C3(C)C)cc(F)c2n1.CC(F)(F)c1nc2c(F)cc(N3C(=S)N(c4ccc(C#N)c(C(F)(F)F)c4)C(=O)C3(C)C)cc2c(=O)[nH]1. The summed E-state index contributed by atoms with van der Waals surface area (Å²) in [5.74, 6) is -12.8. The van der Waals surface area contributed by atoms with Crippen LogP contribution in [-0.4, -0.2) is 53.1 Å². The summed E-state index contributed by atoms with van der Waals surface area (Å²) >= 11 is 16.9. The van der Waals surface area contributed by atoms with Crippen LogP contribution in [0.3, 0.4) is 0 Å². The molecule has 2 aliphatic heterocycles. The largest absolute Gasteiger partial charge is 0.417 e. The van der Waals surface area contributed by atoms with Crippen LogP contribution in [0, 0.1) is 34.3 Å². The van der Waals surface area contributed by atoms with E-state index in [9.17, 15) is 58.3 Å². The molecule has 1 N–H and O–H groups in total. The quantitative estimate of drug-likeness (QED) is 0.0954. The minimum Gasteiger partial charge on any atom is -0.305 e. The predicted molar refractivity (Wildman–Crippen MR) is 252 cm³/mol. The highest BCUT2D eigenvalue weighted by atomic mass is 35.5. The average molecular weight is 1100 g/mol. The molecule has 8 rings (SSSR count). The van der Waals surface area contributed by atoms with Crippen molar-refractivity contribution in [2.45, 2.75) is 76.8 Å². The molecule has 13 nitrogen and oxygen atoms in total. The maximum absolute atomic E-state index is 15.1. The van der Waals surface area contributed by atoms with E-state index in [-0.39, 0.29) is 38.4 Å². The number of carbonyl (C=O) groups is 2. The molecule has 74 heavy (non-hydrogen) atoms. The molecule has 2 saturated heterocycles. The molecule has 0 unspecified atom stereocenters. The minimum atomic E-state index is -4.90. The Morgan fingerprint density at radius 3 is 1.38 bits per heavy atom. The van der Waals surface area contributed by atoms with Gasteiger partial charge in [-0.1, -0.05) is 11.6 Å². The Balaban J connectivity index is 0.000000216. The number of nitriles is 2. The van der Waals surface area contributed by atoms with Gasteiger partial charge < -0.3 is 14.8 Å². The first-order valence-electron chi connectivity index (χ1n) is 20.7. The number of hydrogen-bond donors (Lipinski definition) is 1. The van der Waals surface area contributed by atoms with Crippen LogP contribution in [0.4, 0.5) is 75.4 Å². The third-order valence-electron chi connectivity index (χ3n) is 11.5. The van der Waals surface area contributed by atoms with Crippen molar-refractivity contribution in [3.8, 4) is 12.1 Å². The monoisotopic (exact) mass is 1100 g/mol. The zero-order valence-electron chi connectivity index (χ0n) is 38.3. The summed E-state index contributed by atoms with van der Waals surface area (Å²) in [4.78, 5) is 55.6. The summed E-state index contributed by atoms with van der Waals surface area (Å²) in [6.07, 6.45) is -9.78. The third-order valence-corrected chi connectivity index (χ3v) is 12.5. The first-order chi connectivity index (χ1) is 34.0. The number of thiocarbonyl (C=S) groups is 2. The number of H-pyrrole nitrogens is 1. The normalized spacial score (nSPS) is 16.0. The van der Waals surface area contributed by atoms with Crippen LogP contribution in [0.15, 0.2) is 65.5 Å². The first-order valence-corrected chi connectivity index (χ1v) is 21.9. The van der Waals surface area contributed by atoms with Gasteiger partial charge in [-0.15, -0.1) is 0 Å². The number of hydrogen-bond acceptors (Lipinski definition) is 10. The van der Waals surface area contributed by atoms with Gasteiger partial charge in [-0.25, -0.2) is 23.7 Å². The molecule has 2 fully saturated rings. The Morgan fingerprint density at radius 1 is 0.595 bits per heavy atom. The van der Waals surface area contributed by atoms with Gasteiger partial charge in [-0.2, -0.15) is 54.4 Å². The fourth-order valence-electron chi connectivity index (χ4n) is 7.91. The van der Waals surface area contributed by atoms with Crippen LogP contribution in [0.5, 0.6) is 0 Å². The molecule has 0 saturated carbocycles. The van der Waals surface area contributed by atoms with Gasteiger partial charge in [0.05, 0.1) is 51.2 Å². The van der Waals surface area contributed by atoms with Gasteiger partial charge in [0.25, 0.3) is 17.4 Å². The van der Waals surface area contributed by atoms with Crippen molar-refractivity contribution >= 4 is 103 Å². The molecule has 6 aromatic rings. The number of anilines is 4. The Kier molecular flexibility index (Phi) is 13.3. The van der Waals surface area contributed by atoms with Gasteiger partial charge >= 0.3 is 24.2 Å². The zero-order valence-corrected chi connectivity index (χ0v) is 40.6. The number of nitrogens with zero attached hydrogens (tertiary/aromatic N) is 9. The van der Waals surface area contributed by atoms with Crippen molar-refractivity contribution in [3.63, 3.8) is 0 Å². The Labute approximate surface area is 424 Å². The first kappa shape index (κ1) is 54.3. The molecule has 0 radical (unpaired) electrons. The van der Waals surface area contributed by atoms with Gasteiger partial charge in [-0.05, 0) is 113 Å². The average Bonchev–Trinajstić information content (AvgIpc) is 3.58. The van der Waals surface area contributed by atoms with E-state index in [4.69, 9.17) is 46.6 Å². The van der Waals surface area contributed by atoms with E-state index in [1.165, 1.54) is 50.8 Å². The Bertz CT molecular complexity index is 3580. The van der Waals surface area contributed by atoms with Crippen LogP contribution in [0.1, 0.15) is 75.4 Å². The molecule has 2 amide bonds. The lowest BCUT2D eigenvalue weighted by Gasteiger charge is -2.29. The number of nitrogens with one attached hydrogen (secondary N) is 1. The molecule has 384 valence electrons. The van der Waals surface area contributed by atoms with Gasteiger partial charge in [0.1, 0.15) is 27.3 Å². The summed E-state index contributed by atoms with van der Waals surface area (Å²) in [6, 6.07) is 12.2. The van der Waals surface area contributed by atoms with Gasteiger partial charge in [-0.3, -0.25) is 24.2 Å². The fourth-order valence-corrected chi connectivity index (χ4v) is 9.18. The predicted octanol–water partition coefficient (Wildman–Crippen LogP) is 11.3. The highest BCUT2D eigenvalue weighted by molar-refractivity contribution is 7.81. The summed E-state index contributed by atoms with van der Waals surface area (Å²) in [6.45, 7) is 6.58. The van der Waals surface area contributed by atoms with Crippen LogP contribution in [0.2, 0.25) is 5.15 Å². The number of amides is 2. The van der Waals surface area contributed by atoms with Crippen molar-refractivity contribution in [2.24, 2.45) is 0 Å². The maximum atomic E-state index is 15.1. The number of rotatable bonds is 6. The molecule has 0 aliphatic carbocycles. The number of fused-ring (bicyclic) bond motifs is 2. The van der Waals surface area contributed by atoms with Gasteiger partial charge in [0.15, 0.2) is 27.7 Å². The molecular weight excluding hydrogens is 1070 g/mol. The number of benzene rings is 4. The lowest BCUT2D eigenvalue weighted by molar-refractivity contribution is -0.138. The maximum Gasteiger partial charge on any atom is 0.417 e. The van der Waals surface area contributed by atoms with E-state index in [0.29, 0.717) is 26.0 Å². The summed E-state index contributed by atoms with van der Waals surface area (Å²) in [7, 11) is 0. The van der Waals surface area contributed by atoms with Crippen LogP contribution in [-0.2, 0) is 33.8 Å². The molecule has 2 aliphatic rings.